The number of nitrogens with zero attached hydrogens (tertiary/aromatic N) is 1. The number of hydrogen-bond acceptors (Lipinski definition) is 4. The molecule has 0 saturated carbocycles. The van der Waals surface area contributed by atoms with E-state index in [0.29, 0.717) is 31.2 Å². The van der Waals surface area contributed by atoms with Gasteiger partial charge in [-0.25, -0.2) is 4.98 Å². The summed E-state index contributed by atoms with van der Waals surface area (Å²) in [5.74, 6) is 1.47. The van der Waals surface area contributed by atoms with E-state index in [2.05, 4.69) is 22.5 Å². The Morgan fingerprint density at radius 2 is 2.00 bits per heavy atom. The van der Waals surface area contributed by atoms with Gasteiger partial charge in [0, 0.05) is 24.9 Å². The van der Waals surface area contributed by atoms with Crippen LogP contribution in [0.15, 0.2) is 34.9 Å². The Kier molecular flexibility index (Phi) is 8.13. The van der Waals surface area contributed by atoms with Crippen molar-refractivity contribution < 1.29 is 9.21 Å². The number of aryl methyl sites for hydroxylation is 1. The SMILES string of the molecule is Cc1ccc(-c2nc(CCNC(=O)CCC3CCNCC3)co2)cc1.Cl. The van der Waals surface area contributed by atoms with E-state index in [-0.39, 0.29) is 18.3 Å². The van der Waals surface area contributed by atoms with Crippen LogP contribution in [0.5, 0.6) is 0 Å². The smallest absolute Gasteiger partial charge is 0.226 e. The largest absolute Gasteiger partial charge is 0.444 e. The third-order valence-electron chi connectivity index (χ3n) is 4.79. The lowest BCUT2D eigenvalue weighted by atomic mass is 9.93. The number of amides is 1. The lowest BCUT2D eigenvalue weighted by molar-refractivity contribution is -0.121. The first-order valence-electron chi connectivity index (χ1n) is 9.19. The molecule has 26 heavy (non-hydrogen) atoms. The molecule has 2 N–H and O–H groups in total. The van der Waals surface area contributed by atoms with E-state index in [9.17, 15) is 4.79 Å². The molecule has 2 heterocycles. The molecule has 1 saturated heterocycles. The van der Waals surface area contributed by atoms with E-state index in [1.807, 2.05) is 24.3 Å². The fraction of sp³-hybridized carbons (Fsp3) is 0.500. The van der Waals surface area contributed by atoms with E-state index in [4.69, 9.17) is 4.42 Å². The van der Waals surface area contributed by atoms with Crippen molar-refractivity contribution in [3.63, 3.8) is 0 Å². The molecule has 1 aliphatic rings. The Balaban J connectivity index is 0.00000243. The molecule has 0 unspecified atom stereocenters. The predicted molar refractivity (Wildman–Crippen MR) is 105 cm³/mol. The minimum absolute atomic E-state index is 0. The van der Waals surface area contributed by atoms with Gasteiger partial charge in [-0.1, -0.05) is 17.7 Å². The Bertz CT molecular complexity index is 679. The van der Waals surface area contributed by atoms with Crippen LogP contribution in [0.2, 0.25) is 0 Å². The first-order chi connectivity index (χ1) is 12.2. The number of benzene rings is 1. The molecule has 1 aromatic carbocycles. The predicted octanol–water partition coefficient (Wildman–Crippen LogP) is 3.51. The molecule has 1 fully saturated rings. The first kappa shape index (κ1) is 20.5. The zero-order chi connectivity index (χ0) is 17.5. The van der Waals surface area contributed by atoms with Crippen molar-refractivity contribution in [3.05, 3.63) is 41.8 Å². The average molecular weight is 378 g/mol. The molecule has 3 rings (SSSR count). The summed E-state index contributed by atoms with van der Waals surface area (Å²) in [6.45, 7) is 4.83. The highest BCUT2D eigenvalue weighted by Gasteiger charge is 2.14. The van der Waals surface area contributed by atoms with Crippen LogP contribution in [0.25, 0.3) is 11.5 Å². The minimum atomic E-state index is 0. The second-order valence-electron chi connectivity index (χ2n) is 6.84. The summed E-state index contributed by atoms with van der Waals surface area (Å²) < 4.78 is 5.55. The van der Waals surface area contributed by atoms with Crippen LogP contribution in [0.1, 0.15) is 36.9 Å². The Morgan fingerprint density at radius 1 is 1.27 bits per heavy atom. The number of carbonyl (C=O) groups is 1. The van der Waals surface area contributed by atoms with Crippen molar-refractivity contribution in [3.8, 4) is 11.5 Å². The molecule has 142 valence electrons. The fourth-order valence-corrected chi connectivity index (χ4v) is 3.17. The highest BCUT2D eigenvalue weighted by molar-refractivity contribution is 5.85. The second-order valence-corrected chi connectivity index (χ2v) is 6.84. The summed E-state index contributed by atoms with van der Waals surface area (Å²) in [6, 6.07) is 8.10. The van der Waals surface area contributed by atoms with Gasteiger partial charge in [0.2, 0.25) is 11.8 Å². The molecule has 1 aliphatic heterocycles. The Morgan fingerprint density at radius 3 is 2.73 bits per heavy atom. The molecule has 5 nitrogen and oxygen atoms in total. The van der Waals surface area contributed by atoms with Crippen LogP contribution >= 0.6 is 12.4 Å². The maximum atomic E-state index is 12.0. The average Bonchev–Trinajstić information content (AvgIpc) is 3.10. The zero-order valence-electron chi connectivity index (χ0n) is 15.3. The van der Waals surface area contributed by atoms with Crippen molar-refractivity contribution in [2.24, 2.45) is 5.92 Å². The maximum Gasteiger partial charge on any atom is 0.226 e. The van der Waals surface area contributed by atoms with Gasteiger partial charge < -0.3 is 15.1 Å². The lowest BCUT2D eigenvalue weighted by Crippen LogP contribution is -2.30. The highest BCUT2D eigenvalue weighted by Crippen LogP contribution is 2.19. The number of carbonyl (C=O) groups excluding carboxylic acids is 1. The molecule has 0 bridgehead atoms. The summed E-state index contributed by atoms with van der Waals surface area (Å²) >= 11 is 0. The number of nitrogens with one attached hydrogen (secondary N) is 2. The monoisotopic (exact) mass is 377 g/mol. The standard InChI is InChI=1S/C20H27N3O2.ClH/c1-15-2-5-17(6-3-15)20-23-18(14-25-20)10-13-22-19(24)7-4-16-8-11-21-12-9-16;/h2-3,5-6,14,16,21H,4,7-13H2,1H3,(H,22,24);1H. The molecule has 0 radical (unpaired) electrons. The molecule has 1 amide bonds. The van der Waals surface area contributed by atoms with Gasteiger partial charge in [0.25, 0.3) is 0 Å². The number of halogens is 1. The number of aromatic nitrogens is 1. The van der Waals surface area contributed by atoms with Gasteiger partial charge in [-0.05, 0) is 57.3 Å². The van der Waals surface area contributed by atoms with E-state index in [0.717, 1.165) is 30.8 Å². The van der Waals surface area contributed by atoms with Crippen molar-refractivity contribution in [2.75, 3.05) is 19.6 Å². The van der Waals surface area contributed by atoms with Crippen LogP contribution in [0.3, 0.4) is 0 Å². The Labute approximate surface area is 161 Å². The number of hydrogen-bond donors (Lipinski definition) is 2. The minimum Gasteiger partial charge on any atom is -0.444 e. The van der Waals surface area contributed by atoms with Crippen molar-refractivity contribution >= 4 is 18.3 Å². The molecule has 0 atom stereocenters. The summed E-state index contributed by atoms with van der Waals surface area (Å²) in [5, 5.41) is 6.35. The van der Waals surface area contributed by atoms with Crippen LogP contribution in [0.4, 0.5) is 0 Å². The van der Waals surface area contributed by atoms with Gasteiger partial charge in [0.1, 0.15) is 6.26 Å². The van der Waals surface area contributed by atoms with Gasteiger partial charge in [-0.2, -0.15) is 0 Å². The molecule has 0 spiro atoms. The molecule has 2 aromatic rings. The number of piperidine rings is 1. The molecular weight excluding hydrogens is 350 g/mol. The third kappa shape index (κ3) is 6.15. The van der Waals surface area contributed by atoms with Crippen LogP contribution in [-0.4, -0.2) is 30.5 Å². The van der Waals surface area contributed by atoms with E-state index in [1.165, 1.54) is 18.4 Å². The molecular formula is C20H28ClN3O2. The van der Waals surface area contributed by atoms with Crippen molar-refractivity contribution in [1.82, 2.24) is 15.6 Å². The fourth-order valence-electron chi connectivity index (χ4n) is 3.17. The van der Waals surface area contributed by atoms with Gasteiger partial charge in [0.15, 0.2) is 0 Å². The van der Waals surface area contributed by atoms with Gasteiger partial charge in [0.05, 0.1) is 5.69 Å². The van der Waals surface area contributed by atoms with E-state index in [1.54, 1.807) is 6.26 Å². The third-order valence-corrected chi connectivity index (χ3v) is 4.79. The van der Waals surface area contributed by atoms with Gasteiger partial charge in [-0.3, -0.25) is 4.79 Å². The van der Waals surface area contributed by atoms with Gasteiger partial charge >= 0.3 is 0 Å². The quantitative estimate of drug-likeness (QED) is 0.774. The summed E-state index contributed by atoms with van der Waals surface area (Å²) in [4.78, 5) is 16.5. The van der Waals surface area contributed by atoms with Crippen molar-refractivity contribution in [2.45, 2.75) is 39.0 Å². The van der Waals surface area contributed by atoms with Gasteiger partial charge in [-0.15, -0.1) is 12.4 Å². The van der Waals surface area contributed by atoms with Crippen LogP contribution in [-0.2, 0) is 11.2 Å². The molecule has 1 aromatic heterocycles. The second kappa shape index (κ2) is 10.3. The topological polar surface area (TPSA) is 67.2 Å². The van der Waals surface area contributed by atoms with Crippen LogP contribution in [0, 0.1) is 12.8 Å². The van der Waals surface area contributed by atoms with Crippen molar-refractivity contribution in [1.29, 1.82) is 0 Å². The highest BCUT2D eigenvalue weighted by atomic mass is 35.5. The van der Waals surface area contributed by atoms with E-state index < -0.39 is 0 Å². The van der Waals surface area contributed by atoms with E-state index >= 15 is 0 Å². The summed E-state index contributed by atoms with van der Waals surface area (Å²) in [7, 11) is 0. The maximum absolute atomic E-state index is 12.0. The lowest BCUT2D eigenvalue weighted by Gasteiger charge is -2.22. The molecule has 6 heteroatoms. The first-order valence-corrected chi connectivity index (χ1v) is 9.19. The normalized spacial score (nSPS) is 14.7. The Hall–Kier alpha value is -1.85. The zero-order valence-corrected chi connectivity index (χ0v) is 16.1. The summed E-state index contributed by atoms with van der Waals surface area (Å²) in [5.41, 5.74) is 3.06. The summed E-state index contributed by atoms with van der Waals surface area (Å²) in [6.07, 6.45) is 6.36. The van der Waals surface area contributed by atoms with Crippen LogP contribution < -0.4 is 10.6 Å². The molecule has 0 aliphatic carbocycles. The number of oxazole rings is 1. The number of rotatable bonds is 7.